The summed E-state index contributed by atoms with van der Waals surface area (Å²) in [5.74, 6) is 0.0375. The fourth-order valence-electron chi connectivity index (χ4n) is 3.54. The first kappa shape index (κ1) is 23.1. The highest BCUT2D eigenvalue weighted by Crippen LogP contribution is 2.27. The number of benzene rings is 2. The Bertz CT molecular complexity index is 881. The number of anilines is 1. The molecule has 1 aliphatic rings. The Morgan fingerprint density at radius 3 is 2.42 bits per heavy atom. The summed E-state index contributed by atoms with van der Waals surface area (Å²) in [5.41, 5.74) is 2.23. The fourth-order valence-corrected chi connectivity index (χ4v) is 4.50. The second kappa shape index (κ2) is 10.6. The van der Waals surface area contributed by atoms with E-state index in [1.54, 1.807) is 12.1 Å². The van der Waals surface area contributed by atoms with Gasteiger partial charge >= 0.3 is 0 Å². The van der Waals surface area contributed by atoms with Crippen LogP contribution in [0.4, 0.5) is 11.4 Å². The van der Waals surface area contributed by atoms with Crippen molar-refractivity contribution in [1.82, 2.24) is 4.90 Å². The number of carbonyl (C=O) groups is 1. The molecule has 7 nitrogen and oxygen atoms in total. The fraction of sp³-hybridized carbons (Fsp3) is 0.435. The standard InChI is InChI=1S/C23H29N3O4S/c1-17(31-22-12-10-20(11-13-22)26(28)29)23(27)25(16-21-5-4-14-30-21)15-18-6-8-19(9-7-18)24(2)3/h6-13,17,21H,4-5,14-16H2,1-3H3. The van der Waals surface area contributed by atoms with E-state index in [0.717, 1.165) is 35.6 Å². The summed E-state index contributed by atoms with van der Waals surface area (Å²) in [6.07, 6.45) is 2.06. The lowest BCUT2D eigenvalue weighted by Gasteiger charge is -2.28. The van der Waals surface area contributed by atoms with E-state index in [0.29, 0.717) is 13.1 Å². The van der Waals surface area contributed by atoms with Gasteiger partial charge in [-0.15, -0.1) is 11.8 Å². The molecule has 31 heavy (non-hydrogen) atoms. The second-order valence-corrected chi connectivity index (χ2v) is 9.34. The van der Waals surface area contributed by atoms with E-state index in [1.165, 1.54) is 23.9 Å². The molecule has 1 saturated heterocycles. The summed E-state index contributed by atoms with van der Waals surface area (Å²) in [4.78, 5) is 28.5. The first-order chi connectivity index (χ1) is 14.8. The Morgan fingerprint density at radius 2 is 1.87 bits per heavy atom. The number of ether oxygens (including phenoxy) is 1. The van der Waals surface area contributed by atoms with Crippen molar-refractivity contribution in [3.8, 4) is 0 Å². The first-order valence-electron chi connectivity index (χ1n) is 10.4. The molecule has 2 aromatic carbocycles. The van der Waals surface area contributed by atoms with Crippen molar-refractivity contribution in [3.05, 3.63) is 64.2 Å². The number of rotatable bonds is 9. The van der Waals surface area contributed by atoms with Crippen LogP contribution in [0, 0.1) is 10.1 Å². The predicted molar refractivity (Wildman–Crippen MR) is 124 cm³/mol. The quantitative estimate of drug-likeness (QED) is 0.326. The molecule has 2 atom stereocenters. The molecule has 0 N–H and O–H groups in total. The number of nitro groups is 1. The van der Waals surface area contributed by atoms with Gasteiger partial charge in [-0.1, -0.05) is 12.1 Å². The van der Waals surface area contributed by atoms with Gasteiger partial charge in [0, 0.05) is 56.5 Å². The van der Waals surface area contributed by atoms with Crippen molar-refractivity contribution in [2.24, 2.45) is 0 Å². The van der Waals surface area contributed by atoms with Crippen LogP contribution in [0.15, 0.2) is 53.4 Å². The zero-order valence-corrected chi connectivity index (χ0v) is 19.0. The third kappa shape index (κ3) is 6.45. The minimum Gasteiger partial charge on any atom is -0.378 e. The average Bonchev–Trinajstić information content (AvgIpc) is 3.26. The number of carbonyl (C=O) groups excluding carboxylic acids is 1. The Labute approximate surface area is 187 Å². The molecular formula is C23H29N3O4S. The molecule has 1 heterocycles. The maximum atomic E-state index is 13.3. The molecule has 2 aromatic rings. The largest absolute Gasteiger partial charge is 0.378 e. The molecule has 0 aromatic heterocycles. The van der Waals surface area contributed by atoms with Crippen molar-refractivity contribution in [2.75, 3.05) is 32.1 Å². The minimum atomic E-state index is -0.423. The van der Waals surface area contributed by atoms with Crippen LogP contribution in [-0.4, -0.2) is 54.3 Å². The molecule has 3 rings (SSSR count). The molecule has 0 radical (unpaired) electrons. The van der Waals surface area contributed by atoms with Gasteiger partial charge in [-0.3, -0.25) is 14.9 Å². The zero-order chi connectivity index (χ0) is 22.4. The molecule has 0 spiro atoms. The van der Waals surface area contributed by atoms with Crippen LogP contribution < -0.4 is 4.90 Å². The van der Waals surface area contributed by atoms with Crippen LogP contribution in [0.3, 0.4) is 0 Å². The molecule has 166 valence electrons. The maximum Gasteiger partial charge on any atom is 0.269 e. The number of nitro benzene ring substituents is 1. The zero-order valence-electron chi connectivity index (χ0n) is 18.2. The number of amides is 1. The monoisotopic (exact) mass is 443 g/mol. The Kier molecular flexibility index (Phi) is 7.92. The normalized spacial score (nSPS) is 16.7. The minimum absolute atomic E-state index is 0.0375. The van der Waals surface area contributed by atoms with Crippen LogP contribution in [0.2, 0.25) is 0 Å². The van der Waals surface area contributed by atoms with Crippen LogP contribution >= 0.6 is 11.8 Å². The predicted octanol–water partition coefficient (Wildman–Crippen LogP) is 4.35. The number of thioether (sulfide) groups is 1. The van der Waals surface area contributed by atoms with Gasteiger partial charge in [-0.2, -0.15) is 0 Å². The number of non-ortho nitro benzene ring substituents is 1. The summed E-state index contributed by atoms with van der Waals surface area (Å²) in [5, 5.41) is 10.5. The molecule has 0 saturated carbocycles. The van der Waals surface area contributed by atoms with E-state index in [9.17, 15) is 14.9 Å². The van der Waals surface area contributed by atoms with Crippen molar-refractivity contribution in [3.63, 3.8) is 0 Å². The lowest BCUT2D eigenvalue weighted by molar-refractivity contribution is -0.384. The van der Waals surface area contributed by atoms with E-state index < -0.39 is 4.92 Å². The topological polar surface area (TPSA) is 75.9 Å². The van der Waals surface area contributed by atoms with E-state index in [1.807, 2.05) is 30.8 Å². The number of nitrogens with zero attached hydrogens (tertiary/aromatic N) is 3. The Morgan fingerprint density at radius 1 is 1.19 bits per heavy atom. The van der Waals surface area contributed by atoms with Gasteiger partial charge in [0.05, 0.1) is 16.3 Å². The first-order valence-corrected chi connectivity index (χ1v) is 11.3. The highest BCUT2D eigenvalue weighted by atomic mass is 32.2. The van der Waals surface area contributed by atoms with Crippen LogP contribution in [-0.2, 0) is 16.1 Å². The summed E-state index contributed by atoms with van der Waals surface area (Å²) >= 11 is 1.41. The third-order valence-corrected chi connectivity index (χ3v) is 6.39. The summed E-state index contributed by atoms with van der Waals surface area (Å²) < 4.78 is 5.78. The molecule has 0 aliphatic carbocycles. The number of hydrogen-bond acceptors (Lipinski definition) is 6. The number of hydrogen-bond donors (Lipinski definition) is 0. The Balaban J connectivity index is 1.70. The molecule has 1 aliphatic heterocycles. The molecule has 1 fully saturated rings. The highest BCUT2D eigenvalue weighted by molar-refractivity contribution is 8.00. The van der Waals surface area contributed by atoms with Gasteiger partial charge in [0.15, 0.2) is 0 Å². The van der Waals surface area contributed by atoms with Crippen LogP contribution in [0.5, 0.6) is 0 Å². The van der Waals surface area contributed by atoms with Crippen molar-refractivity contribution >= 4 is 29.0 Å². The summed E-state index contributed by atoms with van der Waals surface area (Å²) in [7, 11) is 4.00. The molecule has 2 unspecified atom stereocenters. The summed E-state index contributed by atoms with van der Waals surface area (Å²) in [6, 6.07) is 14.5. The van der Waals surface area contributed by atoms with Crippen molar-refractivity contribution in [1.29, 1.82) is 0 Å². The van der Waals surface area contributed by atoms with Crippen molar-refractivity contribution in [2.45, 2.75) is 42.6 Å². The lowest BCUT2D eigenvalue weighted by atomic mass is 10.1. The van der Waals surface area contributed by atoms with Gasteiger partial charge in [-0.25, -0.2) is 0 Å². The van der Waals surface area contributed by atoms with Crippen molar-refractivity contribution < 1.29 is 14.5 Å². The smallest absolute Gasteiger partial charge is 0.269 e. The maximum absolute atomic E-state index is 13.3. The third-order valence-electron chi connectivity index (χ3n) is 5.29. The van der Waals surface area contributed by atoms with Crippen LogP contribution in [0.1, 0.15) is 25.3 Å². The van der Waals surface area contributed by atoms with Crippen LogP contribution in [0.25, 0.3) is 0 Å². The van der Waals surface area contributed by atoms with Gasteiger partial charge in [-0.05, 0) is 49.6 Å². The SMILES string of the molecule is CC(Sc1ccc([N+](=O)[O-])cc1)C(=O)N(Cc1ccc(N(C)C)cc1)CC1CCCO1. The molecular weight excluding hydrogens is 414 g/mol. The molecule has 0 bridgehead atoms. The second-order valence-electron chi connectivity index (χ2n) is 7.93. The van der Waals surface area contributed by atoms with E-state index in [-0.39, 0.29) is 22.9 Å². The van der Waals surface area contributed by atoms with Gasteiger partial charge in [0.2, 0.25) is 5.91 Å². The van der Waals surface area contributed by atoms with Gasteiger partial charge in [0.25, 0.3) is 5.69 Å². The van der Waals surface area contributed by atoms with Gasteiger partial charge in [0.1, 0.15) is 0 Å². The molecule has 1 amide bonds. The Hall–Kier alpha value is -2.58. The molecule has 8 heteroatoms. The average molecular weight is 444 g/mol. The van der Waals surface area contributed by atoms with E-state index in [2.05, 4.69) is 24.3 Å². The van der Waals surface area contributed by atoms with Gasteiger partial charge < -0.3 is 14.5 Å². The highest BCUT2D eigenvalue weighted by Gasteiger charge is 2.26. The summed E-state index contributed by atoms with van der Waals surface area (Å²) in [6.45, 7) is 3.72. The lowest BCUT2D eigenvalue weighted by Crippen LogP contribution is -2.40. The van der Waals surface area contributed by atoms with E-state index in [4.69, 9.17) is 4.74 Å². The van der Waals surface area contributed by atoms with E-state index >= 15 is 0 Å².